The molecule has 0 aliphatic heterocycles. The number of allylic oxidation sites excluding steroid dienone is 2. The van der Waals surface area contributed by atoms with Crippen molar-refractivity contribution < 1.29 is 11.0 Å². The van der Waals surface area contributed by atoms with Crippen LogP contribution in [0.5, 0.6) is 0 Å². The molecule has 1 atom stereocenters. The van der Waals surface area contributed by atoms with Crippen LogP contribution in [0.3, 0.4) is 0 Å². The molecular weight excluding hydrogens is 260 g/mol. The zero-order valence-corrected chi connectivity index (χ0v) is 15.4. The average Bonchev–Trinajstić information content (AvgIpc) is 2.38. The highest BCUT2D eigenvalue weighted by Gasteiger charge is 2.23. The van der Waals surface area contributed by atoms with Crippen molar-refractivity contribution in [3.05, 3.63) is 12.2 Å². The molecule has 0 radical (unpaired) electrons. The van der Waals surface area contributed by atoms with Crippen LogP contribution < -0.4 is 0 Å². The van der Waals surface area contributed by atoms with Crippen molar-refractivity contribution in [2.45, 2.75) is 86.5 Å². The predicted octanol–water partition coefficient (Wildman–Crippen LogP) is 5.21. The van der Waals surface area contributed by atoms with Gasteiger partial charge in [-0.05, 0) is 56.3 Å². The highest BCUT2D eigenvalue weighted by atomic mass is 16.0. The molecule has 2 heteroatoms. The lowest BCUT2D eigenvalue weighted by Crippen LogP contribution is -2.19. The van der Waals surface area contributed by atoms with E-state index in [0.29, 0.717) is 0 Å². The third-order valence-electron chi connectivity index (χ3n) is 4.29. The molecule has 0 aromatic heterocycles. The molecular formula is C19H42O2. The normalized spacial score (nSPS) is 22.8. The molecule has 1 unspecified atom stereocenters. The van der Waals surface area contributed by atoms with Gasteiger partial charge in [0.25, 0.3) is 0 Å². The zero-order chi connectivity index (χ0) is 14.7. The van der Waals surface area contributed by atoms with E-state index in [1.807, 2.05) is 0 Å². The van der Waals surface area contributed by atoms with Gasteiger partial charge in [-0.25, -0.2) is 0 Å². The van der Waals surface area contributed by atoms with E-state index in [-0.39, 0.29) is 11.0 Å². The molecule has 0 spiro atoms. The Morgan fingerprint density at radius 3 is 1.76 bits per heavy atom. The lowest BCUT2D eigenvalue weighted by atomic mass is 9.74. The van der Waals surface area contributed by atoms with E-state index in [9.17, 15) is 0 Å². The van der Waals surface area contributed by atoms with Crippen LogP contribution in [0.4, 0.5) is 0 Å². The van der Waals surface area contributed by atoms with Gasteiger partial charge in [0, 0.05) is 0 Å². The van der Waals surface area contributed by atoms with Crippen LogP contribution in [0.2, 0.25) is 0 Å². The molecule has 1 aliphatic carbocycles. The Bertz CT molecular complexity index is 216. The fourth-order valence-electron chi connectivity index (χ4n) is 3.01. The van der Waals surface area contributed by atoms with Gasteiger partial charge in [0.15, 0.2) is 0 Å². The molecule has 0 bridgehead atoms. The molecule has 0 amide bonds. The quantitative estimate of drug-likeness (QED) is 0.626. The summed E-state index contributed by atoms with van der Waals surface area (Å²) in [6.07, 6.45) is 14.5. The number of hydrogen-bond donors (Lipinski definition) is 0. The molecule has 0 saturated heterocycles. The maximum atomic E-state index is 2.48. The van der Waals surface area contributed by atoms with E-state index >= 15 is 0 Å². The molecule has 0 heterocycles. The first-order valence-electron chi connectivity index (χ1n) is 8.67. The summed E-state index contributed by atoms with van der Waals surface area (Å²) in [5.41, 5.74) is 0. The monoisotopic (exact) mass is 302 g/mol. The molecule has 4 N–H and O–H groups in total. The van der Waals surface area contributed by atoms with Gasteiger partial charge >= 0.3 is 0 Å². The van der Waals surface area contributed by atoms with Crippen LogP contribution in [0, 0.1) is 23.7 Å². The van der Waals surface area contributed by atoms with Crippen molar-refractivity contribution in [3.8, 4) is 0 Å². The first kappa shape index (κ1) is 25.6. The molecule has 1 aliphatic rings. The Kier molecular flexibility index (Phi) is 19.6. The Labute approximate surface area is 134 Å². The maximum absolute atomic E-state index is 2.48. The molecule has 1 fully saturated rings. The fraction of sp³-hybridized carbons (Fsp3) is 0.895. The Morgan fingerprint density at radius 1 is 0.905 bits per heavy atom. The molecule has 0 aromatic carbocycles. The van der Waals surface area contributed by atoms with E-state index in [1.165, 1.54) is 44.9 Å². The standard InChI is InChI=1S/C16H30.C3H8.2H2O/c1-5-6-15-9-11-16(12-10-15)14(4)8-7-13(2)3;1-3-2;;/h5-6,13-16H,7-12H2,1-4H3;3H2,1-2H3;2*1H2/b6-5+;;;. The van der Waals surface area contributed by atoms with E-state index in [4.69, 9.17) is 0 Å². The highest BCUT2D eigenvalue weighted by Crippen LogP contribution is 2.36. The van der Waals surface area contributed by atoms with Crippen LogP contribution >= 0.6 is 0 Å². The SMILES string of the molecule is C/C=C/C1CCC(C(C)CCC(C)C)CC1.CCC.O.O. The van der Waals surface area contributed by atoms with E-state index in [0.717, 1.165) is 23.7 Å². The predicted molar refractivity (Wildman–Crippen MR) is 96.7 cm³/mol. The lowest BCUT2D eigenvalue weighted by Gasteiger charge is -2.31. The van der Waals surface area contributed by atoms with Gasteiger partial charge in [0.1, 0.15) is 0 Å². The van der Waals surface area contributed by atoms with Gasteiger partial charge in [0.05, 0.1) is 0 Å². The third kappa shape index (κ3) is 13.1. The van der Waals surface area contributed by atoms with Crippen molar-refractivity contribution in [3.63, 3.8) is 0 Å². The summed E-state index contributed by atoms with van der Waals surface area (Å²) >= 11 is 0. The van der Waals surface area contributed by atoms with Gasteiger partial charge in [-0.3, -0.25) is 0 Å². The van der Waals surface area contributed by atoms with E-state index in [2.05, 4.69) is 53.7 Å². The second-order valence-corrected chi connectivity index (χ2v) is 6.86. The Morgan fingerprint density at radius 2 is 1.38 bits per heavy atom. The summed E-state index contributed by atoms with van der Waals surface area (Å²) in [6, 6.07) is 0. The van der Waals surface area contributed by atoms with Gasteiger partial charge in [-0.1, -0.05) is 66.0 Å². The average molecular weight is 303 g/mol. The number of rotatable bonds is 5. The zero-order valence-electron chi connectivity index (χ0n) is 15.4. The van der Waals surface area contributed by atoms with Crippen LogP contribution in [0.1, 0.15) is 86.5 Å². The molecule has 1 saturated carbocycles. The minimum atomic E-state index is 0. The lowest BCUT2D eigenvalue weighted by molar-refractivity contribution is 0.219. The smallest absolute Gasteiger partial charge is 0.0233 e. The molecule has 21 heavy (non-hydrogen) atoms. The molecule has 130 valence electrons. The van der Waals surface area contributed by atoms with E-state index in [1.54, 1.807) is 0 Å². The first-order chi connectivity index (χ1) is 9.04. The minimum absolute atomic E-state index is 0. The number of hydrogen-bond acceptors (Lipinski definition) is 0. The summed E-state index contributed by atoms with van der Waals surface area (Å²) < 4.78 is 0. The Hall–Kier alpha value is -0.340. The summed E-state index contributed by atoms with van der Waals surface area (Å²) in [5.74, 6) is 3.73. The van der Waals surface area contributed by atoms with Gasteiger partial charge in [-0.2, -0.15) is 0 Å². The molecule has 2 nitrogen and oxygen atoms in total. The summed E-state index contributed by atoms with van der Waals surface area (Å²) in [6.45, 7) is 13.6. The van der Waals surface area contributed by atoms with Gasteiger partial charge < -0.3 is 11.0 Å². The second kappa shape index (κ2) is 16.0. The molecule has 0 aromatic rings. The van der Waals surface area contributed by atoms with Gasteiger partial charge in [0.2, 0.25) is 0 Å². The van der Waals surface area contributed by atoms with Crippen LogP contribution in [-0.4, -0.2) is 11.0 Å². The first-order valence-corrected chi connectivity index (χ1v) is 8.67. The van der Waals surface area contributed by atoms with Crippen molar-refractivity contribution in [2.24, 2.45) is 23.7 Å². The maximum Gasteiger partial charge on any atom is -0.0233 e. The summed E-state index contributed by atoms with van der Waals surface area (Å²) in [5, 5.41) is 0. The fourth-order valence-corrected chi connectivity index (χ4v) is 3.01. The van der Waals surface area contributed by atoms with Crippen molar-refractivity contribution in [1.29, 1.82) is 0 Å². The summed E-state index contributed by atoms with van der Waals surface area (Å²) in [4.78, 5) is 0. The highest BCUT2D eigenvalue weighted by molar-refractivity contribution is 4.89. The largest absolute Gasteiger partial charge is 0.412 e. The van der Waals surface area contributed by atoms with E-state index < -0.39 is 0 Å². The van der Waals surface area contributed by atoms with Crippen LogP contribution in [0.15, 0.2) is 12.2 Å². The van der Waals surface area contributed by atoms with Crippen LogP contribution in [0.25, 0.3) is 0 Å². The minimum Gasteiger partial charge on any atom is -0.412 e. The third-order valence-corrected chi connectivity index (χ3v) is 4.29. The van der Waals surface area contributed by atoms with Gasteiger partial charge in [-0.15, -0.1) is 0 Å². The second-order valence-electron chi connectivity index (χ2n) is 6.86. The van der Waals surface area contributed by atoms with Crippen molar-refractivity contribution >= 4 is 0 Å². The summed E-state index contributed by atoms with van der Waals surface area (Å²) in [7, 11) is 0. The topological polar surface area (TPSA) is 63.0 Å². The van der Waals surface area contributed by atoms with Crippen molar-refractivity contribution in [2.75, 3.05) is 0 Å². The van der Waals surface area contributed by atoms with Crippen molar-refractivity contribution in [1.82, 2.24) is 0 Å². The Balaban J connectivity index is -0.000000596. The molecule has 1 rings (SSSR count). The van der Waals surface area contributed by atoms with Crippen LogP contribution in [-0.2, 0) is 0 Å².